The minimum Gasteiger partial charge on any atom is -0.507 e. The average molecular weight is 309 g/mol. The number of hydrogen-bond acceptors (Lipinski definition) is 4. The summed E-state index contributed by atoms with van der Waals surface area (Å²) in [5.41, 5.74) is 0.527. The normalized spacial score (nSPS) is 11.1. The van der Waals surface area contributed by atoms with Gasteiger partial charge in [0.1, 0.15) is 11.3 Å². The summed E-state index contributed by atoms with van der Waals surface area (Å²) in [6.07, 6.45) is 0.400. The van der Waals surface area contributed by atoms with Crippen LogP contribution in [-0.4, -0.2) is 55.3 Å². The number of amides is 1. The lowest BCUT2D eigenvalue weighted by Gasteiger charge is -2.31. The van der Waals surface area contributed by atoms with Crippen molar-refractivity contribution in [1.82, 2.24) is 0 Å². The summed E-state index contributed by atoms with van der Waals surface area (Å²) < 4.78 is 5.38. The second kappa shape index (κ2) is 7.79. The van der Waals surface area contributed by atoms with Crippen LogP contribution in [0.3, 0.4) is 0 Å². The van der Waals surface area contributed by atoms with Gasteiger partial charge >= 0.3 is 5.97 Å². The van der Waals surface area contributed by atoms with E-state index >= 15 is 0 Å². The molecule has 6 nitrogen and oxygen atoms in total. The Morgan fingerprint density at radius 2 is 1.91 bits per heavy atom. The van der Waals surface area contributed by atoms with Crippen molar-refractivity contribution in [2.75, 3.05) is 39.1 Å². The fourth-order valence-corrected chi connectivity index (χ4v) is 2.03. The van der Waals surface area contributed by atoms with Crippen molar-refractivity contribution >= 4 is 17.6 Å². The Kier molecular flexibility index (Phi) is 6.37. The third-order valence-electron chi connectivity index (χ3n) is 4.09. The van der Waals surface area contributed by atoms with Gasteiger partial charge in [0.25, 0.3) is 0 Å². The first-order valence-electron chi connectivity index (χ1n) is 7.40. The van der Waals surface area contributed by atoms with E-state index in [1.807, 2.05) is 0 Å². The molecule has 0 unspecified atom stereocenters. The molecule has 0 aliphatic carbocycles. The molecule has 0 saturated heterocycles. The number of nitrogens with one attached hydrogen (secondary N) is 1. The van der Waals surface area contributed by atoms with Crippen molar-refractivity contribution in [3.05, 3.63) is 23.8 Å². The number of methoxy groups -OCH3 is 1. The zero-order chi connectivity index (χ0) is 16.8. The summed E-state index contributed by atoms with van der Waals surface area (Å²) in [4.78, 5) is 23.4. The third kappa shape index (κ3) is 4.73. The number of phenolic OH excluding ortho intramolecular Hbond substituents is 1. The van der Waals surface area contributed by atoms with E-state index in [9.17, 15) is 14.7 Å². The van der Waals surface area contributed by atoms with Crippen LogP contribution in [0, 0.1) is 0 Å². The molecular formula is C16H25N2O4+. The molecule has 1 aromatic carbocycles. The topological polar surface area (TPSA) is 75.6 Å². The van der Waals surface area contributed by atoms with Gasteiger partial charge in [-0.05, 0) is 26.0 Å². The van der Waals surface area contributed by atoms with Crippen LogP contribution in [0.5, 0.6) is 5.75 Å². The van der Waals surface area contributed by atoms with E-state index in [1.54, 1.807) is 6.07 Å². The molecule has 22 heavy (non-hydrogen) atoms. The van der Waals surface area contributed by atoms with Crippen LogP contribution in [0.25, 0.3) is 0 Å². The van der Waals surface area contributed by atoms with Crippen LogP contribution >= 0.6 is 0 Å². The molecule has 122 valence electrons. The van der Waals surface area contributed by atoms with E-state index in [-0.39, 0.29) is 17.2 Å². The molecule has 6 heteroatoms. The van der Waals surface area contributed by atoms with Crippen LogP contribution in [-0.2, 0) is 9.53 Å². The Bertz CT molecular complexity index is 539. The summed E-state index contributed by atoms with van der Waals surface area (Å²) in [5, 5.41) is 12.5. The van der Waals surface area contributed by atoms with Gasteiger partial charge in [0, 0.05) is 11.8 Å². The van der Waals surface area contributed by atoms with Gasteiger partial charge in [-0.2, -0.15) is 0 Å². The molecule has 0 aliphatic rings. The fourth-order valence-electron chi connectivity index (χ4n) is 2.03. The largest absolute Gasteiger partial charge is 0.507 e. The lowest BCUT2D eigenvalue weighted by atomic mass is 10.2. The highest BCUT2D eigenvalue weighted by atomic mass is 16.5. The van der Waals surface area contributed by atoms with Gasteiger partial charge < -0.3 is 19.6 Å². The summed E-state index contributed by atoms with van der Waals surface area (Å²) in [6.45, 7) is 6.90. The van der Waals surface area contributed by atoms with Crippen molar-refractivity contribution < 1.29 is 23.9 Å². The molecule has 0 radical (unpaired) electrons. The van der Waals surface area contributed by atoms with Crippen molar-refractivity contribution in [1.29, 1.82) is 0 Å². The Balaban J connectivity index is 2.66. The van der Waals surface area contributed by atoms with Gasteiger partial charge in [0.2, 0.25) is 5.91 Å². The maximum atomic E-state index is 12.0. The standard InChI is InChI=1S/C16H24N2O4/c1-5-18(3,6-2)10-9-15(20)17-12-7-8-13(14(19)11-12)16(21)22-4/h7-8,11H,5-6,9-10H2,1-4H3,(H-,17,19,20,21)/p+1. The Hall–Kier alpha value is -2.08. The van der Waals surface area contributed by atoms with Crippen molar-refractivity contribution in [2.45, 2.75) is 20.3 Å². The van der Waals surface area contributed by atoms with Crippen LogP contribution in [0.1, 0.15) is 30.6 Å². The van der Waals surface area contributed by atoms with E-state index in [2.05, 4.69) is 30.9 Å². The van der Waals surface area contributed by atoms with E-state index < -0.39 is 5.97 Å². The molecule has 0 saturated carbocycles. The third-order valence-corrected chi connectivity index (χ3v) is 4.09. The summed E-state index contributed by atoms with van der Waals surface area (Å²) >= 11 is 0. The fraction of sp³-hybridized carbons (Fsp3) is 0.500. The average Bonchev–Trinajstić information content (AvgIpc) is 2.52. The molecule has 1 aromatic rings. The second-order valence-corrected chi connectivity index (χ2v) is 5.50. The molecule has 0 fully saturated rings. The SMILES string of the molecule is CC[N+](C)(CC)CCC(=O)Nc1ccc(C(=O)OC)c(O)c1. The minimum absolute atomic E-state index is 0.0710. The number of hydrogen-bond donors (Lipinski definition) is 2. The number of carbonyl (C=O) groups excluding carboxylic acids is 2. The minimum atomic E-state index is -0.616. The molecule has 0 bridgehead atoms. The zero-order valence-electron chi connectivity index (χ0n) is 13.7. The van der Waals surface area contributed by atoms with E-state index in [4.69, 9.17) is 0 Å². The summed E-state index contributed by atoms with van der Waals surface area (Å²) in [7, 11) is 3.36. The van der Waals surface area contributed by atoms with E-state index in [0.717, 1.165) is 24.1 Å². The summed E-state index contributed by atoms with van der Waals surface area (Å²) in [6, 6.07) is 4.34. The molecule has 1 rings (SSSR count). The Labute approximate surface area is 131 Å². The molecular weight excluding hydrogens is 284 g/mol. The number of rotatable bonds is 7. The highest BCUT2D eigenvalue weighted by Gasteiger charge is 2.18. The predicted molar refractivity (Wildman–Crippen MR) is 84.8 cm³/mol. The Morgan fingerprint density at radius 1 is 1.27 bits per heavy atom. The van der Waals surface area contributed by atoms with Crippen molar-refractivity contribution in [2.24, 2.45) is 0 Å². The number of benzene rings is 1. The highest BCUT2D eigenvalue weighted by molar-refractivity contribution is 5.95. The van der Waals surface area contributed by atoms with Gasteiger partial charge in [0.05, 0.1) is 40.2 Å². The Morgan fingerprint density at radius 3 is 2.41 bits per heavy atom. The molecule has 0 heterocycles. The second-order valence-electron chi connectivity index (χ2n) is 5.50. The lowest BCUT2D eigenvalue weighted by Crippen LogP contribution is -2.45. The number of phenols is 1. The van der Waals surface area contributed by atoms with Crippen LogP contribution in [0.15, 0.2) is 18.2 Å². The molecule has 0 atom stereocenters. The monoisotopic (exact) mass is 309 g/mol. The van der Waals surface area contributed by atoms with E-state index in [1.165, 1.54) is 19.2 Å². The van der Waals surface area contributed by atoms with Gasteiger partial charge in [0.15, 0.2) is 0 Å². The first-order chi connectivity index (χ1) is 10.3. The quantitative estimate of drug-likeness (QED) is 0.596. The molecule has 0 spiro atoms. The molecule has 0 aliphatic heterocycles. The molecule has 0 aromatic heterocycles. The first-order valence-corrected chi connectivity index (χ1v) is 7.40. The number of carbonyl (C=O) groups is 2. The van der Waals surface area contributed by atoms with Crippen LogP contribution < -0.4 is 5.32 Å². The van der Waals surface area contributed by atoms with Gasteiger partial charge in [-0.1, -0.05) is 0 Å². The van der Waals surface area contributed by atoms with Crippen LogP contribution in [0.2, 0.25) is 0 Å². The van der Waals surface area contributed by atoms with Crippen molar-refractivity contribution in [3.8, 4) is 5.75 Å². The van der Waals surface area contributed by atoms with Gasteiger partial charge in [-0.25, -0.2) is 4.79 Å². The smallest absolute Gasteiger partial charge is 0.341 e. The van der Waals surface area contributed by atoms with Gasteiger partial charge in [-0.15, -0.1) is 0 Å². The molecule has 2 N–H and O–H groups in total. The number of esters is 1. The number of ether oxygens (including phenoxy) is 1. The molecule has 1 amide bonds. The van der Waals surface area contributed by atoms with Crippen LogP contribution in [0.4, 0.5) is 5.69 Å². The number of aromatic hydroxyl groups is 1. The van der Waals surface area contributed by atoms with E-state index in [0.29, 0.717) is 12.1 Å². The number of nitrogens with zero attached hydrogens (tertiary/aromatic N) is 1. The first kappa shape index (κ1) is 18.0. The summed E-state index contributed by atoms with van der Waals surface area (Å²) in [5.74, 6) is -0.946. The number of quaternary nitrogens is 1. The zero-order valence-corrected chi connectivity index (χ0v) is 13.7. The maximum Gasteiger partial charge on any atom is 0.341 e. The predicted octanol–water partition coefficient (Wildman–Crippen LogP) is 1.99. The van der Waals surface area contributed by atoms with Gasteiger partial charge in [-0.3, -0.25) is 4.79 Å². The maximum absolute atomic E-state index is 12.0. The number of anilines is 1. The van der Waals surface area contributed by atoms with Crippen molar-refractivity contribution in [3.63, 3.8) is 0 Å². The highest BCUT2D eigenvalue weighted by Crippen LogP contribution is 2.22. The lowest BCUT2D eigenvalue weighted by molar-refractivity contribution is -0.905.